The molecule has 0 amide bonds. The summed E-state index contributed by atoms with van der Waals surface area (Å²) >= 11 is 0. The van der Waals surface area contributed by atoms with Crippen molar-refractivity contribution in [1.29, 1.82) is 0 Å². The maximum atomic E-state index is 12.1. The van der Waals surface area contributed by atoms with Crippen molar-refractivity contribution in [3.63, 3.8) is 0 Å². The van der Waals surface area contributed by atoms with Gasteiger partial charge in [0.25, 0.3) is 5.88 Å². The molecule has 100 valence electrons. The summed E-state index contributed by atoms with van der Waals surface area (Å²) in [7, 11) is 0. The van der Waals surface area contributed by atoms with Crippen molar-refractivity contribution in [2.75, 3.05) is 5.73 Å². The van der Waals surface area contributed by atoms with Crippen LogP contribution in [0.1, 0.15) is 13.8 Å². The molecule has 1 aromatic heterocycles. The van der Waals surface area contributed by atoms with Crippen LogP contribution in [0, 0.1) is 5.92 Å². The monoisotopic (exact) mass is 259 g/mol. The molecule has 1 heterocycles. The van der Waals surface area contributed by atoms with Gasteiger partial charge in [0.05, 0.1) is 0 Å². The molecule has 0 aliphatic carbocycles. The molecule has 1 aromatic carbocycles. The fourth-order valence-corrected chi connectivity index (χ4v) is 1.72. The van der Waals surface area contributed by atoms with Gasteiger partial charge in [0, 0.05) is 30.7 Å². The predicted molar refractivity (Wildman–Crippen MR) is 74.3 cm³/mol. The largest absolute Gasteiger partial charge is 0.435 e. The van der Waals surface area contributed by atoms with Gasteiger partial charge in [-0.25, -0.2) is 4.98 Å². The predicted octanol–water partition coefficient (Wildman–Crippen LogP) is 2.27. The minimum absolute atomic E-state index is 0.0637. The van der Waals surface area contributed by atoms with Crippen LogP contribution in [0.25, 0.3) is 0 Å². The maximum Gasteiger partial charge on any atom is 0.313 e. The maximum absolute atomic E-state index is 12.1. The van der Waals surface area contributed by atoms with E-state index in [1.807, 2.05) is 13.8 Å². The Balaban J connectivity index is 2.28. The Morgan fingerprint density at radius 2 is 2.21 bits per heavy atom. The Bertz CT molecular complexity index is 620. The van der Waals surface area contributed by atoms with Crippen molar-refractivity contribution in [3.8, 4) is 11.6 Å². The van der Waals surface area contributed by atoms with E-state index in [1.54, 1.807) is 41.2 Å². The van der Waals surface area contributed by atoms with Gasteiger partial charge in [0.15, 0.2) is 0 Å². The van der Waals surface area contributed by atoms with E-state index < -0.39 is 0 Å². The van der Waals surface area contributed by atoms with Crippen molar-refractivity contribution in [1.82, 2.24) is 9.55 Å². The van der Waals surface area contributed by atoms with Crippen molar-refractivity contribution in [3.05, 3.63) is 47.0 Å². The van der Waals surface area contributed by atoms with Gasteiger partial charge >= 0.3 is 5.56 Å². The normalized spacial score (nSPS) is 10.7. The number of nitrogens with two attached hydrogens (primary N) is 1. The summed E-state index contributed by atoms with van der Waals surface area (Å²) in [5.41, 5.74) is 6.00. The standard InChI is InChI=1S/C14H17N3O2/c1-10(2)9-17-7-6-16-13(14(17)18)19-12-5-3-4-11(15)8-12/h3-8,10H,9,15H2,1-2H3. The molecule has 0 aliphatic heterocycles. The molecule has 2 aromatic rings. The topological polar surface area (TPSA) is 70.1 Å². The Kier molecular flexibility index (Phi) is 3.85. The molecule has 0 saturated carbocycles. The van der Waals surface area contributed by atoms with Crippen LogP contribution in [0.15, 0.2) is 41.5 Å². The van der Waals surface area contributed by atoms with E-state index in [0.29, 0.717) is 23.9 Å². The van der Waals surface area contributed by atoms with Crippen molar-refractivity contribution in [2.24, 2.45) is 5.92 Å². The summed E-state index contributed by atoms with van der Waals surface area (Å²) in [4.78, 5) is 16.1. The van der Waals surface area contributed by atoms with Gasteiger partial charge in [-0.2, -0.15) is 0 Å². The molecule has 5 nitrogen and oxygen atoms in total. The average molecular weight is 259 g/mol. The molecule has 0 aliphatic rings. The minimum atomic E-state index is -0.237. The molecule has 19 heavy (non-hydrogen) atoms. The van der Waals surface area contributed by atoms with E-state index in [2.05, 4.69) is 4.98 Å². The second-order valence-electron chi connectivity index (χ2n) is 4.76. The molecule has 0 fully saturated rings. The van der Waals surface area contributed by atoms with Crippen LogP contribution in [0.3, 0.4) is 0 Å². The molecule has 0 saturated heterocycles. The van der Waals surface area contributed by atoms with Crippen LogP contribution < -0.4 is 16.0 Å². The zero-order chi connectivity index (χ0) is 13.8. The second kappa shape index (κ2) is 5.56. The van der Waals surface area contributed by atoms with Gasteiger partial charge in [-0.05, 0) is 18.1 Å². The molecular weight excluding hydrogens is 242 g/mol. The first-order valence-corrected chi connectivity index (χ1v) is 6.15. The number of nitrogens with zero attached hydrogens (tertiary/aromatic N) is 2. The lowest BCUT2D eigenvalue weighted by Crippen LogP contribution is -2.23. The van der Waals surface area contributed by atoms with E-state index in [0.717, 1.165) is 0 Å². The van der Waals surface area contributed by atoms with Gasteiger partial charge in [-0.3, -0.25) is 4.79 Å². The quantitative estimate of drug-likeness (QED) is 0.855. The van der Waals surface area contributed by atoms with Gasteiger partial charge in [0.2, 0.25) is 0 Å². The first-order chi connectivity index (χ1) is 9.06. The third-order valence-corrected chi connectivity index (χ3v) is 2.52. The Morgan fingerprint density at radius 3 is 2.89 bits per heavy atom. The lowest BCUT2D eigenvalue weighted by atomic mass is 10.2. The highest BCUT2D eigenvalue weighted by atomic mass is 16.5. The molecule has 2 rings (SSSR count). The fourth-order valence-electron chi connectivity index (χ4n) is 1.72. The Morgan fingerprint density at radius 1 is 1.42 bits per heavy atom. The molecule has 0 spiro atoms. The number of hydrogen-bond acceptors (Lipinski definition) is 4. The first-order valence-electron chi connectivity index (χ1n) is 6.15. The van der Waals surface area contributed by atoms with Crippen LogP contribution in [0.5, 0.6) is 11.6 Å². The number of nitrogen functional groups attached to an aromatic ring is 1. The van der Waals surface area contributed by atoms with E-state index >= 15 is 0 Å². The van der Waals surface area contributed by atoms with E-state index in [4.69, 9.17) is 10.5 Å². The number of ether oxygens (including phenoxy) is 1. The van der Waals surface area contributed by atoms with Crippen molar-refractivity contribution >= 4 is 5.69 Å². The summed E-state index contributed by atoms with van der Waals surface area (Å²) in [5, 5.41) is 0. The fraction of sp³-hybridized carbons (Fsp3) is 0.286. The lowest BCUT2D eigenvalue weighted by molar-refractivity contribution is 0.432. The van der Waals surface area contributed by atoms with Crippen molar-refractivity contribution in [2.45, 2.75) is 20.4 Å². The molecular formula is C14H17N3O2. The van der Waals surface area contributed by atoms with Gasteiger partial charge in [0.1, 0.15) is 5.75 Å². The highest BCUT2D eigenvalue weighted by Crippen LogP contribution is 2.18. The van der Waals surface area contributed by atoms with Crippen LogP contribution in [0.4, 0.5) is 5.69 Å². The summed E-state index contributed by atoms with van der Waals surface area (Å²) in [6.07, 6.45) is 3.22. The van der Waals surface area contributed by atoms with E-state index in [-0.39, 0.29) is 11.4 Å². The molecule has 0 bridgehead atoms. The van der Waals surface area contributed by atoms with Gasteiger partial charge < -0.3 is 15.0 Å². The Hall–Kier alpha value is -2.30. The third-order valence-electron chi connectivity index (χ3n) is 2.52. The zero-order valence-corrected chi connectivity index (χ0v) is 11.0. The molecule has 0 unspecified atom stereocenters. The van der Waals surface area contributed by atoms with Crippen LogP contribution in [-0.4, -0.2) is 9.55 Å². The summed E-state index contributed by atoms with van der Waals surface area (Å²) in [6, 6.07) is 6.90. The van der Waals surface area contributed by atoms with E-state index in [1.165, 1.54) is 0 Å². The van der Waals surface area contributed by atoms with Crippen molar-refractivity contribution < 1.29 is 4.74 Å². The highest BCUT2D eigenvalue weighted by Gasteiger charge is 2.08. The van der Waals surface area contributed by atoms with Gasteiger partial charge in [-0.15, -0.1) is 0 Å². The van der Waals surface area contributed by atoms with E-state index in [9.17, 15) is 4.79 Å². The number of hydrogen-bond donors (Lipinski definition) is 1. The number of benzene rings is 1. The summed E-state index contributed by atoms with van der Waals surface area (Å²) in [5.74, 6) is 0.945. The van der Waals surface area contributed by atoms with Gasteiger partial charge in [-0.1, -0.05) is 19.9 Å². The molecule has 2 N–H and O–H groups in total. The van der Waals surface area contributed by atoms with Crippen LogP contribution >= 0.6 is 0 Å². The smallest absolute Gasteiger partial charge is 0.313 e. The lowest BCUT2D eigenvalue weighted by Gasteiger charge is -2.10. The highest BCUT2D eigenvalue weighted by molar-refractivity contribution is 5.44. The Labute approximate surface area is 111 Å². The number of rotatable bonds is 4. The van der Waals surface area contributed by atoms with Crippen LogP contribution in [0.2, 0.25) is 0 Å². The minimum Gasteiger partial charge on any atom is -0.435 e. The zero-order valence-electron chi connectivity index (χ0n) is 11.0. The molecule has 0 atom stereocenters. The summed E-state index contributed by atoms with van der Waals surface area (Å²) < 4.78 is 7.08. The second-order valence-corrected chi connectivity index (χ2v) is 4.76. The number of aromatic nitrogens is 2. The summed E-state index contributed by atoms with van der Waals surface area (Å²) in [6.45, 7) is 4.73. The molecule has 5 heteroatoms. The average Bonchev–Trinajstić information content (AvgIpc) is 2.34. The first kappa shape index (κ1) is 13.1. The van der Waals surface area contributed by atoms with Crippen LogP contribution in [-0.2, 0) is 6.54 Å². The number of anilines is 1. The third kappa shape index (κ3) is 3.34. The SMILES string of the molecule is CC(C)Cn1ccnc(Oc2cccc(N)c2)c1=O. The molecule has 0 radical (unpaired) electrons.